The molecule has 2 rings (SSSR count). The quantitative estimate of drug-likeness (QED) is 0.857. The number of rotatable bonds is 3. The summed E-state index contributed by atoms with van der Waals surface area (Å²) in [6.07, 6.45) is 3.52. The van der Waals surface area contributed by atoms with Crippen LogP contribution in [0.4, 0.5) is 0 Å². The lowest BCUT2D eigenvalue weighted by Gasteiger charge is -2.46. The molecule has 0 amide bonds. The number of hydrogen-bond acceptors (Lipinski definition) is 4. The van der Waals surface area contributed by atoms with E-state index >= 15 is 0 Å². The molecule has 1 aliphatic carbocycles. The second-order valence-corrected chi connectivity index (χ2v) is 6.67. The van der Waals surface area contributed by atoms with Gasteiger partial charge >= 0.3 is 5.97 Å². The molecule has 1 atom stereocenters. The maximum absolute atomic E-state index is 11.8. The van der Waals surface area contributed by atoms with Gasteiger partial charge in [0.15, 0.2) is 0 Å². The van der Waals surface area contributed by atoms with Gasteiger partial charge in [0.2, 0.25) is 0 Å². The minimum Gasteiger partial charge on any atom is -0.469 e. The average Bonchev–Trinajstić information content (AvgIpc) is 2.76. The Morgan fingerprint density at radius 3 is 2.94 bits per heavy atom. The number of ether oxygens (including phenoxy) is 1. The molecule has 1 aromatic rings. The van der Waals surface area contributed by atoms with Gasteiger partial charge in [-0.2, -0.15) is 0 Å². The molecule has 0 spiro atoms. The second kappa shape index (κ2) is 4.67. The van der Waals surface area contributed by atoms with Gasteiger partial charge in [-0.15, -0.1) is 11.3 Å². The van der Waals surface area contributed by atoms with Crippen LogP contribution in [-0.4, -0.2) is 18.6 Å². The van der Waals surface area contributed by atoms with Crippen LogP contribution in [0.15, 0.2) is 11.4 Å². The lowest BCUT2D eigenvalue weighted by atomic mass is 9.60. The third-order valence-electron chi connectivity index (χ3n) is 4.18. The molecule has 0 saturated carbocycles. The molecule has 0 bridgehead atoms. The Hall–Kier alpha value is -0.870. The summed E-state index contributed by atoms with van der Waals surface area (Å²) in [6, 6.07) is 2.14. The number of carbonyl (C=O) groups excluding carboxylic acids is 1. The van der Waals surface area contributed by atoms with E-state index in [0.717, 1.165) is 19.3 Å². The van der Waals surface area contributed by atoms with Crippen LogP contribution in [0.3, 0.4) is 0 Å². The highest BCUT2D eigenvalue weighted by Gasteiger charge is 2.48. The van der Waals surface area contributed by atoms with Crippen LogP contribution in [0.5, 0.6) is 0 Å². The summed E-state index contributed by atoms with van der Waals surface area (Å²) in [7, 11) is 1.44. The number of fused-ring (bicyclic) bond motifs is 1. The van der Waals surface area contributed by atoms with Gasteiger partial charge in [0.1, 0.15) is 0 Å². The monoisotopic (exact) mass is 267 g/mol. The van der Waals surface area contributed by atoms with Crippen molar-refractivity contribution in [3.63, 3.8) is 0 Å². The number of esters is 1. The summed E-state index contributed by atoms with van der Waals surface area (Å²) in [5, 5.41) is 2.10. The van der Waals surface area contributed by atoms with Gasteiger partial charge in [0, 0.05) is 15.8 Å². The summed E-state index contributed by atoms with van der Waals surface area (Å²) in [6.45, 7) is 4.03. The highest BCUT2D eigenvalue weighted by Crippen LogP contribution is 2.48. The van der Waals surface area contributed by atoms with Gasteiger partial charge in [0.25, 0.3) is 0 Å². The standard InChI is InChI=1S/C14H21NO2S/c1-13(2,15)14(9-12(16)17-3)7-4-5-11-10(14)6-8-18-11/h6,8H,4-5,7,9,15H2,1-3H3. The van der Waals surface area contributed by atoms with Gasteiger partial charge in [0.05, 0.1) is 13.5 Å². The molecule has 3 nitrogen and oxygen atoms in total. The summed E-state index contributed by atoms with van der Waals surface area (Å²) < 4.78 is 4.87. The van der Waals surface area contributed by atoms with E-state index in [2.05, 4.69) is 11.4 Å². The predicted molar refractivity (Wildman–Crippen MR) is 73.8 cm³/mol. The van der Waals surface area contributed by atoms with Crippen molar-refractivity contribution < 1.29 is 9.53 Å². The topological polar surface area (TPSA) is 52.3 Å². The van der Waals surface area contributed by atoms with Crippen molar-refractivity contribution in [2.75, 3.05) is 7.11 Å². The zero-order valence-corrected chi connectivity index (χ0v) is 12.1. The van der Waals surface area contributed by atoms with Gasteiger partial charge in [-0.1, -0.05) is 0 Å². The first-order chi connectivity index (χ1) is 8.40. The summed E-state index contributed by atoms with van der Waals surface area (Å²) >= 11 is 1.77. The van der Waals surface area contributed by atoms with Crippen LogP contribution in [-0.2, 0) is 21.4 Å². The van der Waals surface area contributed by atoms with Crippen LogP contribution in [0.25, 0.3) is 0 Å². The Bertz CT molecular complexity index is 447. The van der Waals surface area contributed by atoms with E-state index in [0.29, 0.717) is 6.42 Å². The second-order valence-electron chi connectivity index (χ2n) is 5.67. The van der Waals surface area contributed by atoms with E-state index in [1.165, 1.54) is 17.6 Å². The number of hydrogen-bond donors (Lipinski definition) is 1. The summed E-state index contributed by atoms with van der Waals surface area (Å²) in [4.78, 5) is 13.2. The summed E-state index contributed by atoms with van der Waals surface area (Å²) in [5.74, 6) is -0.174. The number of aryl methyl sites for hydroxylation is 1. The molecular weight excluding hydrogens is 246 g/mol. The zero-order valence-electron chi connectivity index (χ0n) is 11.3. The molecule has 1 aliphatic rings. The Kier molecular flexibility index (Phi) is 3.52. The fourth-order valence-electron chi connectivity index (χ4n) is 3.05. The maximum atomic E-state index is 11.8. The van der Waals surface area contributed by atoms with Crippen molar-refractivity contribution in [2.24, 2.45) is 5.73 Å². The molecular formula is C14H21NO2S. The molecule has 0 aliphatic heterocycles. The van der Waals surface area contributed by atoms with Crippen LogP contribution in [0.2, 0.25) is 0 Å². The van der Waals surface area contributed by atoms with Gasteiger partial charge in [-0.3, -0.25) is 4.79 Å². The van der Waals surface area contributed by atoms with E-state index in [1.54, 1.807) is 11.3 Å². The fourth-order valence-corrected chi connectivity index (χ4v) is 4.07. The molecule has 0 fully saturated rings. The molecule has 18 heavy (non-hydrogen) atoms. The third-order valence-corrected chi connectivity index (χ3v) is 5.16. The minimum absolute atomic E-state index is 0.174. The molecule has 0 radical (unpaired) electrons. The summed E-state index contributed by atoms with van der Waals surface area (Å²) in [5.41, 5.74) is 6.96. The minimum atomic E-state index is -0.433. The molecule has 100 valence electrons. The normalized spacial score (nSPS) is 23.6. The van der Waals surface area contributed by atoms with Crippen molar-refractivity contribution in [3.05, 3.63) is 21.9 Å². The maximum Gasteiger partial charge on any atom is 0.306 e. The van der Waals surface area contributed by atoms with Crippen molar-refractivity contribution in [3.8, 4) is 0 Å². The van der Waals surface area contributed by atoms with E-state index in [9.17, 15) is 4.79 Å². The molecule has 2 N–H and O–H groups in total. The van der Waals surface area contributed by atoms with E-state index < -0.39 is 5.54 Å². The Balaban J connectivity index is 2.49. The Morgan fingerprint density at radius 2 is 2.33 bits per heavy atom. The van der Waals surface area contributed by atoms with Crippen LogP contribution < -0.4 is 5.73 Å². The first-order valence-corrected chi connectivity index (χ1v) is 7.21. The number of nitrogens with two attached hydrogens (primary N) is 1. The molecule has 1 aromatic heterocycles. The van der Waals surface area contributed by atoms with E-state index in [4.69, 9.17) is 10.5 Å². The van der Waals surface area contributed by atoms with Crippen LogP contribution in [0, 0.1) is 0 Å². The highest BCUT2D eigenvalue weighted by atomic mass is 32.1. The Labute approximate surface area is 112 Å². The highest BCUT2D eigenvalue weighted by molar-refractivity contribution is 7.10. The fraction of sp³-hybridized carbons (Fsp3) is 0.643. The van der Waals surface area contributed by atoms with Crippen LogP contribution in [0.1, 0.15) is 43.6 Å². The molecule has 0 aromatic carbocycles. The van der Waals surface area contributed by atoms with Crippen molar-refractivity contribution in [1.82, 2.24) is 0 Å². The van der Waals surface area contributed by atoms with E-state index in [-0.39, 0.29) is 11.4 Å². The van der Waals surface area contributed by atoms with E-state index in [1.807, 2.05) is 13.8 Å². The lowest BCUT2D eigenvalue weighted by molar-refractivity contribution is -0.143. The predicted octanol–water partition coefficient (Wildman–Crippen LogP) is 2.62. The van der Waals surface area contributed by atoms with Crippen molar-refractivity contribution in [1.29, 1.82) is 0 Å². The molecule has 4 heteroatoms. The smallest absolute Gasteiger partial charge is 0.306 e. The van der Waals surface area contributed by atoms with Gasteiger partial charge < -0.3 is 10.5 Å². The number of methoxy groups -OCH3 is 1. The molecule has 0 saturated heterocycles. The van der Waals surface area contributed by atoms with Crippen molar-refractivity contribution in [2.45, 2.75) is 50.5 Å². The largest absolute Gasteiger partial charge is 0.469 e. The SMILES string of the molecule is COC(=O)CC1(C(C)(C)N)CCCc2sccc21. The molecule has 1 heterocycles. The lowest BCUT2D eigenvalue weighted by Crippen LogP contribution is -2.56. The van der Waals surface area contributed by atoms with Gasteiger partial charge in [-0.25, -0.2) is 0 Å². The third kappa shape index (κ3) is 2.08. The number of thiophene rings is 1. The Morgan fingerprint density at radius 1 is 1.61 bits per heavy atom. The zero-order chi connectivity index (χ0) is 13.4. The first kappa shape index (κ1) is 13.6. The van der Waals surface area contributed by atoms with Gasteiger partial charge in [-0.05, 0) is 50.1 Å². The van der Waals surface area contributed by atoms with Crippen molar-refractivity contribution >= 4 is 17.3 Å². The average molecular weight is 267 g/mol. The number of carbonyl (C=O) groups is 1. The first-order valence-electron chi connectivity index (χ1n) is 6.33. The molecule has 1 unspecified atom stereocenters. The van der Waals surface area contributed by atoms with Crippen LogP contribution >= 0.6 is 11.3 Å².